The van der Waals surface area contributed by atoms with E-state index in [0.29, 0.717) is 22.1 Å². The number of rotatable bonds is 3. The lowest BCUT2D eigenvalue weighted by Gasteiger charge is -2.45. The first kappa shape index (κ1) is 21.4. The van der Waals surface area contributed by atoms with Crippen molar-refractivity contribution in [2.24, 2.45) is 10.9 Å². The molecule has 0 saturated carbocycles. The molecule has 8 heteroatoms. The number of ether oxygens (including phenoxy) is 1. The number of carbonyl (C=O) groups is 3. The van der Waals surface area contributed by atoms with Crippen molar-refractivity contribution in [3.05, 3.63) is 75.8 Å². The maximum atomic E-state index is 13.5. The number of nitrogens with zero attached hydrogens (tertiary/aromatic N) is 3. The van der Waals surface area contributed by atoms with Crippen molar-refractivity contribution in [2.45, 2.75) is 25.4 Å². The van der Waals surface area contributed by atoms with Crippen LogP contribution in [0.3, 0.4) is 0 Å². The van der Waals surface area contributed by atoms with Gasteiger partial charge in [-0.15, -0.1) is 0 Å². The van der Waals surface area contributed by atoms with Crippen molar-refractivity contribution < 1.29 is 19.1 Å². The third kappa shape index (κ3) is 3.18. The summed E-state index contributed by atoms with van der Waals surface area (Å²) in [6, 6.07) is 14.4. The van der Waals surface area contributed by atoms with Crippen LogP contribution in [0.5, 0.6) is 0 Å². The second-order valence-corrected chi connectivity index (χ2v) is 8.79. The van der Waals surface area contributed by atoms with Gasteiger partial charge in [-0.2, -0.15) is 0 Å². The fourth-order valence-electron chi connectivity index (χ4n) is 4.88. The molecule has 7 nitrogen and oxygen atoms in total. The smallest absolute Gasteiger partial charge is 0.327 e. The van der Waals surface area contributed by atoms with Crippen LogP contribution in [0.4, 0.5) is 4.79 Å². The number of fused-ring (bicyclic) bond motifs is 4. The zero-order chi connectivity index (χ0) is 23.4. The summed E-state index contributed by atoms with van der Waals surface area (Å²) in [6.45, 7) is 1.73. The summed E-state index contributed by atoms with van der Waals surface area (Å²) >= 11 is 6.15. The minimum atomic E-state index is -0.685. The van der Waals surface area contributed by atoms with Crippen LogP contribution in [0.1, 0.15) is 36.0 Å². The Hall–Kier alpha value is -3.45. The van der Waals surface area contributed by atoms with Crippen molar-refractivity contribution in [1.82, 2.24) is 9.80 Å². The van der Waals surface area contributed by atoms with E-state index >= 15 is 0 Å². The lowest BCUT2D eigenvalue weighted by Crippen LogP contribution is -2.61. The number of imide groups is 1. The number of halogens is 1. The van der Waals surface area contributed by atoms with Gasteiger partial charge in [0.1, 0.15) is 11.9 Å². The molecule has 2 aliphatic heterocycles. The Balaban J connectivity index is 1.81. The molecular weight excluding hydrogens is 442 g/mol. The van der Waals surface area contributed by atoms with Gasteiger partial charge in [-0.05, 0) is 17.7 Å². The molecule has 3 aliphatic rings. The molecule has 2 heterocycles. The van der Waals surface area contributed by atoms with E-state index in [1.165, 1.54) is 11.9 Å². The van der Waals surface area contributed by atoms with E-state index in [-0.39, 0.29) is 18.3 Å². The minimum absolute atomic E-state index is 0.210. The highest BCUT2D eigenvalue weighted by Gasteiger charge is 2.54. The number of allylic oxidation sites excluding steroid dienone is 1. The van der Waals surface area contributed by atoms with Crippen LogP contribution < -0.4 is 0 Å². The molecule has 1 fully saturated rings. The number of urea groups is 1. The summed E-state index contributed by atoms with van der Waals surface area (Å²) in [5.74, 6) is -1.44. The SMILES string of the molecule is CCC(=O)OC1=C2C(=NC3C(C(=O)N(C)C(=O)N3C)C2c2ccc(Cl)cc2)c2ccccc21. The number of hydrogen-bond acceptors (Lipinski definition) is 5. The van der Waals surface area contributed by atoms with Gasteiger partial charge in [0.2, 0.25) is 5.91 Å². The van der Waals surface area contributed by atoms with Crippen LogP contribution >= 0.6 is 11.6 Å². The monoisotopic (exact) mass is 463 g/mol. The third-order valence-electron chi connectivity index (χ3n) is 6.51. The van der Waals surface area contributed by atoms with Gasteiger partial charge in [-0.1, -0.05) is 54.9 Å². The molecular formula is C25H22ClN3O4. The summed E-state index contributed by atoms with van der Waals surface area (Å²) in [4.78, 5) is 46.1. The molecule has 2 aromatic carbocycles. The molecule has 168 valence electrons. The number of aliphatic imine (C=N–C) groups is 1. The van der Waals surface area contributed by atoms with E-state index in [0.717, 1.165) is 21.6 Å². The van der Waals surface area contributed by atoms with Crippen molar-refractivity contribution in [2.75, 3.05) is 14.1 Å². The number of amides is 3. The summed E-state index contributed by atoms with van der Waals surface area (Å²) in [5.41, 5.74) is 3.73. The predicted molar refractivity (Wildman–Crippen MR) is 124 cm³/mol. The van der Waals surface area contributed by atoms with Crippen LogP contribution in [-0.4, -0.2) is 53.7 Å². The first-order valence-electron chi connectivity index (χ1n) is 10.8. The average Bonchev–Trinajstić information content (AvgIpc) is 3.14. The minimum Gasteiger partial charge on any atom is -0.425 e. The fourth-order valence-corrected chi connectivity index (χ4v) is 5.01. The highest BCUT2D eigenvalue weighted by atomic mass is 35.5. The Bertz CT molecular complexity index is 1250. The first-order chi connectivity index (χ1) is 15.8. The summed E-state index contributed by atoms with van der Waals surface area (Å²) in [5, 5.41) is 0.570. The van der Waals surface area contributed by atoms with E-state index < -0.39 is 24.0 Å². The third-order valence-corrected chi connectivity index (χ3v) is 6.77. The molecule has 3 atom stereocenters. The van der Waals surface area contributed by atoms with E-state index in [2.05, 4.69) is 0 Å². The standard InChI is InChI=1S/C25H22ClN3O4/c1-4-17(30)33-22-16-8-6-5-7-15(16)21-19(22)18(13-9-11-14(26)12-10-13)20-23(27-21)28(2)25(32)29(3)24(20)31/h5-12,18,20,23H,4H2,1-3H3. The van der Waals surface area contributed by atoms with Crippen LogP contribution in [0.15, 0.2) is 59.1 Å². The molecule has 2 aromatic rings. The van der Waals surface area contributed by atoms with Gasteiger partial charge in [0.05, 0.1) is 11.6 Å². The summed E-state index contributed by atoms with van der Waals surface area (Å²) in [6.07, 6.45) is -0.475. The van der Waals surface area contributed by atoms with E-state index in [1.54, 1.807) is 26.1 Å². The maximum absolute atomic E-state index is 13.5. The second-order valence-electron chi connectivity index (χ2n) is 8.35. The van der Waals surface area contributed by atoms with Crippen molar-refractivity contribution in [1.29, 1.82) is 0 Å². The van der Waals surface area contributed by atoms with Crippen molar-refractivity contribution in [3.63, 3.8) is 0 Å². The van der Waals surface area contributed by atoms with Crippen LogP contribution in [0.25, 0.3) is 5.76 Å². The quantitative estimate of drug-likeness (QED) is 0.643. The van der Waals surface area contributed by atoms with Gasteiger partial charge in [0.15, 0.2) is 0 Å². The van der Waals surface area contributed by atoms with Crippen molar-refractivity contribution in [3.8, 4) is 0 Å². The van der Waals surface area contributed by atoms with Crippen LogP contribution in [0, 0.1) is 5.92 Å². The van der Waals surface area contributed by atoms with Gasteiger partial charge in [0, 0.05) is 48.2 Å². The molecule has 0 bridgehead atoms. The molecule has 0 N–H and O–H groups in total. The molecule has 3 unspecified atom stereocenters. The Morgan fingerprint density at radius 3 is 2.39 bits per heavy atom. The lowest BCUT2D eigenvalue weighted by molar-refractivity contribution is -0.137. The van der Waals surface area contributed by atoms with Crippen LogP contribution in [-0.2, 0) is 14.3 Å². The first-order valence-corrected chi connectivity index (χ1v) is 11.1. The van der Waals surface area contributed by atoms with E-state index in [9.17, 15) is 14.4 Å². The fraction of sp³-hybridized carbons (Fsp3) is 0.280. The second kappa shape index (κ2) is 7.85. The number of hydrogen-bond donors (Lipinski definition) is 0. The molecule has 0 spiro atoms. The Morgan fingerprint density at radius 1 is 1.06 bits per heavy atom. The highest BCUT2D eigenvalue weighted by Crippen LogP contribution is 2.50. The zero-order valence-electron chi connectivity index (χ0n) is 18.4. The Kier molecular flexibility index (Phi) is 5.09. The van der Waals surface area contributed by atoms with Crippen LogP contribution in [0.2, 0.25) is 5.02 Å². The lowest BCUT2D eigenvalue weighted by atomic mass is 9.73. The number of carbonyl (C=O) groups excluding carboxylic acids is 3. The van der Waals surface area contributed by atoms with Gasteiger partial charge < -0.3 is 9.64 Å². The van der Waals surface area contributed by atoms with E-state index in [4.69, 9.17) is 21.3 Å². The topological polar surface area (TPSA) is 79.3 Å². The summed E-state index contributed by atoms with van der Waals surface area (Å²) in [7, 11) is 3.13. The molecule has 33 heavy (non-hydrogen) atoms. The zero-order valence-corrected chi connectivity index (χ0v) is 19.2. The van der Waals surface area contributed by atoms with Gasteiger partial charge in [-0.25, -0.2) is 4.79 Å². The molecule has 1 aliphatic carbocycles. The molecule has 1 saturated heterocycles. The molecule has 0 radical (unpaired) electrons. The average molecular weight is 464 g/mol. The normalized spacial score (nSPS) is 23.8. The molecule has 3 amide bonds. The number of esters is 1. The highest BCUT2D eigenvalue weighted by molar-refractivity contribution is 6.30. The van der Waals surface area contributed by atoms with E-state index in [1.807, 2.05) is 36.4 Å². The Morgan fingerprint density at radius 2 is 1.73 bits per heavy atom. The largest absolute Gasteiger partial charge is 0.425 e. The Labute approximate surface area is 196 Å². The van der Waals surface area contributed by atoms with Crippen molar-refractivity contribution >= 4 is 41.0 Å². The van der Waals surface area contributed by atoms with Gasteiger partial charge >= 0.3 is 12.0 Å². The molecule has 0 aromatic heterocycles. The number of benzene rings is 2. The maximum Gasteiger partial charge on any atom is 0.327 e. The summed E-state index contributed by atoms with van der Waals surface area (Å²) < 4.78 is 5.85. The predicted octanol–water partition coefficient (Wildman–Crippen LogP) is 4.07. The molecule has 5 rings (SSSR count). The van der Waals surface area contributed by atoms with Gasteiger partial charge in [0.25, 0.3) is 0 Å². The van der Waals surface area contributed by atoms with Gasteiger partial charge in [-0.3, -0.25) is 19.5 Å².